The predicted octanol–water partition coefficient (Wildman–Crippen LogP) is -1.08. The van der Waals surface area contributed by atoms with Gasteiger partial charge in [-0.05, 0) is 19.3 Å². The van der Waals surface area contributed by atoms with Crippen LogP contribution in [0.5, 0.6) is 0 Å². The number of hydrogen-bond acceptors (Lipinski definition) is 13. The molecule has 0 saturated heterocycles. The molecule has 0 unspecified atom stereocenters. The van der Waals surface area contributed by atoms with E-state index in [0.29, 0.717) is 98.7 Å². The van der Waals surface area contributed by atoms with E-state index in [2.05, 4.69) is 10.6 Å². The summed E-state index contributed by atoms with van der Waals surface area (Å²) in [7, 11) is 1.63. The summed E-state index contributed by atoms with van der Waals surface area (Å²) in [6, 6.07) is -1.07. The van der Waals surface area contributed by atoms with Gasteiger partial charge in [-0.1, -0.05) is 0 Å². The highest BCUT2D eigenvalue weighted by Gasteiger charge is 2.25. The van der Waals surface area contributed by atoms with Crippen LogP contribution in [0.2, 0.25) is 0 Å². The number of methoxy groups -OCH3 is 1. The quantitative estimate of drug-likeness (QED) is 0.0558. The number of carboxylic acids is 1. The minimum Gasteiger partial charge on any atom is -0.480 e. The third kappa shape index (κ3) is 23.9. The zero-order chi connectivity index (χ0) is 34.4. The van der Waals surface area contributed by atoms with E-state index in [9.17, 15) is 29.1 Å². The van der Waals surface area contributed by atoms with Crippen molar-refractivity contribution >= 4 is 29.6 Å². The Labute approximate surface area is 275 Å². The normalized spacial score (nSPS) is 13.3. The van der Waals surface area contributed by atoms with Gasteiger partial charge in [-0.25, -0.2) is 4.79 Å². The fourth-order valence-corrected chi connectivity index (χ4v) is 3.74. The second-order valence-electron chi connectivity index (χ2n) is 9.93. The van der Waals surface area contributed by atoms with E-state index >= 15 is 0 Å². The number of ether oxygens (including phenoxy) is 8. The lowest BCUT2D eigenvalue weighted by Crippen LogP contribution is -2.41. The van der Waals surface area contributed by atoms with Crippen LogP contribution in [0.4, 0.5) is 0 Å². The van der Waals surface area contributed by atoms with E-state index < -0.39 is 35.6 Å². The molecule has 270 valence electrons. The Bertz CT molecular complexity index is 902. The van der Waals surface area contributed by atoms with Gasteiger partial charge >= 0.3 is 5.97 Å². The molecule has 0 spiro atoms. The van der Waals surface area contributed by atoms with Crippen molar-refractivity contribution in [1.29, 1.82) is 0 Å². The van der Waals surface area contributed by atoms with Crippen molar-refractivity contribution in [3.05, 3.63) is 12.2 Å². The van der Waals surface area contributed by atoms with Gasteiger partial charge in [0.25, 0.3) is 11.8 Å². The van der Waals surface area contributed by atoms with Crippen molar-refractivity contribution in [2.24, 2.45) is 0 Å². The molecule has 0 fully saturated rings. The van der Waals surface area contributed by atoms with E-state index in [4.69, 9.17) is 37.9 Å². The molecule has 1 aliphatic rings. The first-order valence-corrected chi connectivity index (χ1v) is 15.7. The summed E-state index contributed by atoms with van der Waals surface area (Å²) >= 11 is 0. The van der Waals surface area contributed by atoms with E-state index in [1.165, 1.54) is 0 Å². The Kier molecular flexibility index (Phi) is 26.0. The van der Waals surface area contributed by atoms with Crippen molar-refractivity contribution < 1.29 is 67.0 Å². The van der Waals surface area contributed by atoms with Gasteiger partial charge in [0.1, 0.15) is 12.6 Å². The highest BCUT2D eigenvalue weighted by molar-refractivity contribution is 6.14. The molecular formula is C30H51N3O14. The summed E-state index contributed by atoms with van der Waals surface area (Å²) in [6.07, 6.45) is 3.23. The van der Waals surface area contributed by atoms with Crippen LogP contribution >= 0.6 is 0 Å². The fraction of sp³-hybridized carbons (Fsp3) is 0.767. The van der Waals surface area contributed by atoms with Crippen LogP contribution < -0.4 is 10.6 Å². The molecule has 3 N–H and O–H groups in total. The minimum atomic E-state index is -1.16. The average molecular weight is 678 g/mol. The molecular weight excluding hydrogens is 626 g/mol. The maximum absolute atomic E-state index is 12.1. The Balaban J connectivity index is 1.87. The van der Waals surface area contributed by atoms with Crippen molar-refractivity contribution in [3.8, 4) is 0 Å². The molecule has 1 rings (SSSR count). The number of rotatable bonds is 33. The highest BCUT2D eigenvalue weighted by Crippen LogP contribution is 2.04. The van der Waals surface area contributed by atoms with E-state index in [1.807, 2.05) is 0 Å². The monoisotopic (exact) mass is 677 g/mol. The molecule has 47 heavy (non-hydrogen) atoms. The van der Waals surface area contributed by atoms with Crippen LogP contribution in [0, 0.1) is 0 Å². The summed E-state index contributed by atoms with van der Waals surface area (Å²) in [5.41, 5.74) is 0. The molecule has 0 bridgehead atoms. The lowest BCUT2D eigenvalue weighted by atomic mass is 10.1. The van der Waals surface area contributed by atoms with Crippen LogP contribution in [-0.4, -0.2) is 165 Å². The standard InChI is InChI=1S/C30H51N3O14/c1-40-10-11-42-14-15-44-18-19-46-22-23-47-21-20-45-17-16-43-13-12-41-9-7-26(34)32-25(30(38)39)4-2-3-8-31-27(35)24-33-28(36)5-6-29(33)37/h5-6,25H,2-4,7-24H2,1H3,(H,31,35)(H,32,34)(H,38,39)/t25-/m0/s1. The van der Waals surface area contributed by atoms with E-state index in [0.717, 1.165) is 17.1 Å². The third-order valence-corrected chi connectivity index (χ3v) is 6.21. The third-order valence-electron chi connectivity index (χ3n) is 6.21. The van der Waals surface area contributed by atoms with Crippen LogP contribution in [0.25, 0.3) is 0 Å². The molecule has 0 aromatic heterocycles. The van der Waals surface area contributed by atoms with E-state index in [-0.39, 0.29) is 39.1 Å². The van der Waals surface area contributed by atoms with Crippen LogP contribution in [0.1, 0.15) is 25.7 Å². The fourth-order valence-electron chi connectivity index (χ4n) is 3.74. The summed E-state index contributed by atoms with van der Waals surface area (Å²) in [5, 5.41) is 14.4. The summed E-state index contributed by atoms with van der Waals surface area (Å²) in [6.45, 7) is 6.28. The van der Waals surface area contributed by atoms with Crippen LogP contribution in [0.3, 0.4) is 0 Å². The first-order valence-electron chi connectivity index (χ1n) is 15.7. The predicted molar refractivity (Wildman–Crippen MR) is 165 cm³/mol. The van der Waals surface area contributed by atoms with Crippen molar-refractivity contribution in [1.82, 2.24) is 15.5 Å². The van der Waals surface area contributed by atoms with Crippen molar-refractivity contribution in [2.75, 3.05) is 119 Å². The number of nitrogens with zero attached hydrogens (tertiary/aromatic N) is 1. The number of unbranched alkanes of at least 4 members (excludes halogenated alkanes) is 1. The SMILES string of the molecule is COCCOCCOCCOCCOCCOCCOCCOCCC(=O)N[C@@H](CCCCNC(=O)CN1C(=O)C=CC1=O)C(=O)O. The number of amides is 4. The zero-order valence-corrected chi connectivity index (χ0v) is 27.3. The van der Waals surface area contributed by atoms with E-state index in [1.54, 1.807) is 7.11 Å². The maximum Gasteiger partial charge on any atom is 0.326 e. The largest absolute Gasteiger partial charge is 0.480 e. The Morgan fingerprint density at radius 2 is 1.09 bits per heavy atom. The first-order chi connectivity index (χ1) is 22.8. The molecule has 1 atom stereocenters. The topological polar surface area (TPSA) is 207 Å². The summed E-state index contributed by atoms with van der Waals surface area (Å²) < 4.78 is 42.6. The van der Waals surface area contributed by atoms with Gasteiger partial charge < -0.3 is 53.6 Å². The number of imide groups is 1. The lowest BCUT2D eigenvalue weighted by Gasteiger charge is -2.15. The number of carbonyl (C=O) groups excluding carboxylic acids is 4. The van der Waals surface area contributed by atoms with Gasteiger partial charge in [-0.2, -0.15) is 0 Å². The number of carbonyl (C=O) groups is 5. The highest BCUT2D eigenvalue weighted by atomic mass is 16.6. The Morgan fingerprint density at radius 1 is 0.660 bits per heavy atom. The van der Waals surface area contributed by atoms with Gasteiger partial charge in [0.05, 0.1) is 99.1 Å². The van der Waals surface area contributed by atoms with Crippen molar-refractivity contribution in [2.45, 2.75) is 31.7 Å². The van der Waals surface area contributed by atoms with Crippen LogP contribution in [-0.2, 0) is 61.9 Å². The number of hydrogen-bond donors (Lipinski definition) is 3. The Morgan fingerprint density at radius 3 is 1.51 bits per heavy atom. The Hall–Kier alpha value is -3.03. The maximum atomic E-state index is 12.1. The van der Waals surface area contributed by atoms with Crippen molar-refractivity contribution in [3.63, 3.8) is 0 Å². The van der Waals surface area contributed by atoms with Crippen LogP contribution in [0.15, 0.2) is 12.2 Å². The number of aliphatic carboxylic acids is 1. The molecule has 1 heterocycles. The molecule has 0 saturated carbocycles. The van der Waals surface area contributed by atoms with Gasteiger partial charge in [0, 0.05) is 32.2 Å². The first kappa shape index (κ1) is 42.0. The molecule has 0 aliphatic carbocycles. The van der Waals surface area contributed by atoms with Gasteiger partial charge in [0.2, 0.25) is 11.8 Å². The molecule has 0 aromatic carbocycles. The molecule has 0 aromatic rings. The summed E-state index contributed by atoms with van der Waals surface area (Å²) in [4.78, 5) is 59.3. The average Bonchev–Trinajstić information content (AvgIpc) is 3.36. The molecule has 17 heteroatoms. The van der Waals surface area contributed by atoms with Gasteiger partial charge in [-0.3, -0.25) is 24.1 Å². The van der Waals surface area contributed by atoms with Gasteiger partial charge in [-0.15, -0.1) is 0 Å². The smallest absolute Gasteiger partial charge is 0.326 e. The number of nitrogens with one attached hydrogen (secondary N) is 2. The zero-order valence-electron chi connectivity index (χ0n) is 27.3. The summed E-state index contributed by atoms with van der Waals surface area (Å²) in [5.74, 6) is -3.19. The second kappa shape index (κ2) is 29.1. The molecule has 17 nitrogen and oxygen atoms in total. The minimum absolute atomic E-state index is 0.00428. The lowest BCUT2D eigenvalue weighted by molar-refractivity contribution is -0.142. The van der Waals surface area contributed by atoms with Gasteiger partial charge in [0.15, 0.2) is 0 Å². The molecule has 4 amide bonds. The number of carboxylic acid groups (broad SMARTS) is 1. The second-order valence-corrected chi connectivity index (χ2v) is 9.93. The molecule has 1 aliphatic heterocycles. The molecule has 0 radical (unpaired) electrons.